The number of hydrogen-bond donors (Lipinski definition) is 1. The number of aliphatic hydroxyl groups excluding tert-OH is 1. The van der Waals surface area contributed by atoms with Crippen molar-refractivity contribution in [3.63, 3.8) is 0 Å². The summed E-state index contributed by atoms with van der Waals surface area (Å²) in [6, 6.07) is 5.12. The summed E-state index contributed by atoms with van der Waals surface area (Å²) in [5, 5.41) is 17.4. The van der Waals surface area contributed by atoms with Crippen molar-refractivity contribution < 1.29 is 9.90 Å². The first-order valence-corrected chi connectivity index (χ1v) is 8.94. The van der Waals surface area contributed by atoms with Gasteiger partial charge in [0.2, 0.25) is 5.91 Å². The van der Waals surface area contributed by atoms with E-state index in [9.17, 15) is 14.7 Å². The zero-order valence-electron chi connectivity index (χ0n) is 15.3. The van der Waals surface area contributed by atoms with Gasteiger partial charge in [0, 0.05) is 50.8 Å². The molecule has 1 fully saturated rings. The lowest BCUT2D eigenvalue weighted by atomic mass is 9.95. The molecule has 2 aromatic heterocycles. The van der Waals surface area contributed by atoms with E-state index < -0.39 is 0 Å². The Morgan fingerprint density at radius 1 is 1.27 bits per heavy atom. The summed E-state index contributed by atoms with van der Waals surface area (Å²) in [4.78, 5) is 26.3. The van der Waals surface area contributed by atoms with E-state index in [2.05, 4.69) is 10.2 Å². The quantitative estimate of drug-likeness (QED) is 0.843. The molecule has 1 saturated heterocycles. The summed E-state index contributed by atoms with van der Waals surface area (Å²) in [7, 11) is 1.86. The number of piperidine rings is 1. The van der Waals surface area contributed by atoms with Gasteiger partial charge in [0.25, 0.3) is 5.56 Å². The Morgan fingerprint density at radius 3 is 2.62 bits per heavy atom. The first kappa shape index (κ1) is 18.3. The van der Waals surface area contributed by atoms with Crippen LogP contribution in [0.15, 0.2) is 23.0 Å². The Labute approximate surface area is 152 Å². The molecule has 8 heteroatoms. The van der Waals surface area contributed by atoms with E-state index in [0.29, 0.717) is 31.9 Å². The van der Waals surface area contributed by atoms with Gasteiger partial charge in [0.15, 0.2) is 5.82 Å². The minimum atomic E-state index is -0.126. The van der Waals surface area contributed by atoms with E-state index >= 15 is 0 Å². The van der Waals surface area contributed by atoms with Crippen molar-refractivity contribution in [3.05, 3.63) is 45.9 Å². The van der Waals surface area contributed by atoms with Gasteiger partial charge >= 0.3 is 0 Å². The molecule has 0 atom stereocenters. The molecule has 1 aliphatic rings. The van der Waals surface area contributed by atoms with Crippen molar-refractivity contribution in [2.24, 2.45) is 7.05 Å². The molecule has 0 radical (unpaired) electrons. The maximum Gasteiger partial charge on any atom is 0.250 e. The largest absolute Gasteiger partial charge is 0.388 e. The van der Waals surface area contributed by atoms with Gasteiger partial charge < -0.3 is 19.1 Å². The molecule has 0 spiro atoms. The molecule has 0 unspecified atom stereocenters. The third-order valence-electron chi connectivity index (χ3n) is 5.17. The minimum absolute atomic E-state index is 0.0709. The highest BCUT2D eigenvalue weighted by Gasteiger charge is 2.27. The van der Waals surface area contributed by atoms with E-state index in [0.717, 1.165) is 24.4 Å². The lowest BCUT2D eigenvalue weighted by Gasteiger charge is -2.31. The van der Waals surface area contributed by atoms with Crippen LogP contribution in [-0.4, -0.2) is 48.3 Å². The molecule has 8 nitrogen and oxygen atoms in total. The second-order valence-corrected chi connectivity index (χ2v) is 6.75. The number of aromatic nitrogens is 4. The highest BCUT2D eigenvalue weighted by atomic mass is 16.3. The number of rotatable bonds is 5. The molecule has 1 N–H and O–H groups in total. The maximum absolute atomic E-state index is 12.5. The van der Waals surface area contributed by atoms with Gasteiger partial charge in [0.1, 0.15) is 12.4 Å². The molecule has 0 aromatic carbocycles. The smallest absolute Gasteiger partial charge is 0.250 e. The summed E-state index contributed by atoms with van der Waals surface area (Å²) < 4.78 is 3.48. The fraction of sp³-hybridized carbons (Fsp3) is 0.556. The molecule has 1 amide bonds. The summed E-state index contributed by atoms with van der Waals surface area (Å²) in [5.41, 5.74) is 0.796. The Kier molecular flexibility index (Phi) is 5.51. The Morgan fingerprint density at radius 2 is 2.00 bits per heavy atom. The molecule has 26 heavy (non-hydrogen) atoms. The number of aliphatic hydroxyl groups is 1. The predicted octanol–water partition coefficient (Wildman–Crippen LogP) is 0.574. The summed E-state index contributed by atoms with van der Waals surface area (Å²) in [6.45, 7) is 3.51. The van der Waals surface area contributed by atoms with Crippen LogP contribution < -0.4 is 5.56 Å². The van der Waals surface area contributed by atoms with Crippen LogP contribution in [0.1, 0.15) is 42.5 Å². The van der Waals surface area contributed by atoms with Crippen molar-refractivity contribution in [1.82, 2.24) is 24.2 Å². The van der Waals surface area contributed by atoms with Gasteiger partial charge in [-0.2, -0.15) is 0 Å². The average Bonchev–Trinajstić information content (AvgIpc) is 3.02. The van der Waals surface area contributed by atoms with Crippen molar-refractivity contribution in [1.29, 1.82) is 0 Å². The van der Waals surface area contributed by atoms with Gasteiger partial charge in [-0.25, -0.2) is 0 Å². The molecule has 0 bridgehead atoms. The summed E-state index contributed by atoms with van der Waals surface area (Å²) in [5.74, 6) is 1.75. The van der Waals surface area contributed by atoms with Crippen molar-refractivity contribution in [2.45, 2.75) is 45.3 Å². The lowest BCUT2D eigenvalue weighted by Crippen LogP contribution is -2.39. The first-order chi connectivity index (χ1) is 12.5. The topological polar surface area (TPSA) is 93.2 Å². The summed E-state index contributed by atoms with van der Waals surface area (Å²) >= 11 is 0. The highest BCUT2D eigenvalue weighted by Crippen LogP contribution is 2.27. The molecule has 2 aromatic rings. The van der Waals surface area contributed by atoms with E-state index in [1.807, 2.05) is 29.5 Å². The molecule has 140 valence electrons. The Balaban J connectivity index is 1.55. The zero-order chi connectivity index (χ0) is 18.7. The van der Waals surface area contributed by atoms with Crippen LogP contribution >= 0.6 is 0 Å². The second-order valence-electron chi connectivity index (χ2n) is 6.75. The molecule has 1 aliphatic heterocycles. The molecule has 3 heterocycles. The number of likely N-dealkylation sites (tertiary alicyclic amines) is 1. The van der Waals surface area contributed by atoms with Crippen LogP contribution in [-0.2, 0) is 25.0 Å². The van der Waals surface area contributed by atoms with Gasteiger partial charge in [-0.15, -0.1) is 10.2 Å². The monoisotopic (exact) mass is 359 g/mol. The summed E-state index contributed by atoms with van der Waals surface area (Å²) in [6.07, 6.45) is 1.98. The van der Waals surface area contributed by atoms with E-state index in [1.165, 1.54) is 6.07 Å². The van der Waals surface area contributed by atoms with E-state index in [-0.39, 0.29) is 24.0 Å². The van der Waals surface area contributed by atoms with Crippen LogP contribution in [0.2, 0.25) is 0 Å². The number of aryl methyl sites for hydroxylation is 1. The van der Waals surface area contributed by atoms with Crippen LogP contribution in [0.5, 0.6) is 0 Å². The highest BCUT2D eigenvalue weighted by molar-refractivity contribution is 5.76. The second kappa shape index (κ2) is 7.82. The first-order valence-electron chi connectivity index (χ1n) is 8.94. The standard InChI is InChI=1S/C18H25N5O3/c1-13-4-3-5-17(26)23(13)11-8-16(25)22-9-6-14(7-10-22)18-20-19-15(12-24)21(18)2/h3-5,14,24H,6-12H2,1-2H3. The average molecular weight is 359 g/mol. The minimum Gasteiger partial charge on any atom is -0.388 e. The zero-order valence-corrected chi connectivity index (χ0v) is 15.3. The third kappa shape index (κ3) is 3.70. The number of pyridine rings is 1. The van der Waals surface area contributed by atoms with Gasteiger partial charge in [0.05, 0.1) is 0 Å². The van der Waals surface area contributed by atoms with Crippen molar-refractivity contribution in [2.75, 3.05) is 13.1 Å². The fourth-order valence-corrected chi connectivity index (χ4v) is 3.53. The number of hydrogen-bond acceptors (Lipinski definition) is 5. The predicted molar refractivity (Wildman–Crippen MR) is 95.5 cm³/mol. The van der Waals surface area contributed by atoms with E-state index in [4.69, 9.17) is 0 Å². The Bertz CT molecular complexity index is 834. The van der Waals surface area contributed by atoms with Crippen LogP contribution in [0.3, 0.4) is 0 Å². The molecular formula is C18H25N5O3. The molecule has 0 aliphatic carbocycles. The Hall–Kier alpha value is -2.48. The SMILES string of the molecule is Cc1cccc(=O)n1CCC(=O)N1CCC(c2nnc(CO)n2C)CC1. The van der Waals surface area contributed by atoms with Gasteiger partial charge in [-0.1, -0.05) is 6.07 Å². The van der Waals surface area contributed by atoms with Crippen LogP contribution in [0.4, 0.5) is 0 Å². The molecule has 3 rings (SSSR count). The van der Waals surface area contributed by atoms with Gasteiger partial charge in [-0.3, -0.25) is 9.59 Å². The maximum atomic E-state index is 12.5. The van der Waals surface area contributed by atoms with Crippen molar-refractivity contribution >= 4 is 5.91 Å². The number of carbonyl (C=O) groups excluding carboxylic acids is 1. The van der Waals surface area contributed by atoms with Crippen LogP contribution in [0, 0.1) is 6.92 Å². The molecular weight excluding hydrogens is 334 g/mol. The van der Waals surface area contributed by atoms with Gasteiger partial charge in [-0.05, 0) is 25.8 Å². The van der Waals surface area contributed by atoms with E-state index in [1.54, 1.807) is 10.6 Å². The molecule has 0 saturated carbocycles. The normalized spacial score (nSPS) is 15.4. The number of nitrogens with zero attached hydrogens (tertiary/aromatic N) is 5. The fourth-order valence-electron chi connectivity index (χ4n) is 3.53. The third-order valence-corrected chi connectivity index (χ3v) is 5.17. The van der Waals surface area contributed by atoms with Crippen molar-refractivity contribution in [3.8, 4) is 0 Å². The van der Waals surface area contributed by atoms with Crippen LogP contribution in [0.25, 0.3) is 0 Å². The number of carbonyl (C=O) groups is 1. The lowest BCUT2D eigenvalue weighted by molar-refractivity contribution is -0.132. The number of amides is 1.